The Morgan fingerprint density at radius 3 is 2.80 bits per heavy atom. The summed E-state index contributed by atoms with van der Waals surface area (Å²) in [6, 6.07) is 0. The quantitative estimate of drug-likeness (QED) is 0.851. The average Bonchev–Trinajstić information content (AvgIpc) is 2.50. The first kappa shape index (κ1) is 10.6. The Hall–Kier alpha value is -0.900. The molecule has 0 atom stereocenters. The van der Waals surface area contributed by atoms with Crippen LogP contribution in [0.5, 0.6) is 0 Å². The van der Waals surface area contributed by atoms with Crippen LogP contribution in [0.1, 0.15) is 32.4 Å². The third kappa shape index (κ3) is 1.91. The summed E-state index contributed by atoms with van der Waals surface area (Å²) >= 11 is 3.32. The van der Waals surface area contributed by atoms with Gasteiger partial charge in [-0.3, -0.25) is 0 Å². The summed E-state index contributed by atoms with van der Waals surface area (Å²) in [5.74, 6) is 0.513. The number of hydrogen-bond donors (Lipinski definition) is 1. The summed E-state index contributed by atoms with van der Waals surface area (Å²) in [6.07, 6.45) is 6.08. The Balaban J connectivity index is 2.50. The van der Waals surface area contributed by atoms with E-state index in [0.29, 0.717) is 5.82 Å². The largest absolute Gasteiger partial charge is 0.382 e. The highest BCUT2D eigenvalue weighted by Crippen LogP contribution is 2.44. The summed E-state index contributed by atoms with van der Waals surface area (Å²) in [4.78, 5) is 8.53. The van der Waals surface area contributed by atoms with Gasteiger partial charge in [0.2, 0.25) is 0 Å². The molecule has 15 heavy (non-hydrogen) atoms. The first-order valence-electron chi connectivity index (χ1n) is 5.00. The minimum Gasteiger partial charge on any atom is -0.382 e. The number of allylic oxidation sites excluding steroid dienone is 2. The molecule has 2 rings (SSSR count). The number of nitrogen functional groups attached to an aromatic ring is 1. The summed E-state index contributed by atoms with van der Waals surface area (Å²) in [5, 5.41) is 0. The molecular formula is C11H14BrN3. The van der Waals surface area contributed by atoms with Gasteiger partial charge in [0.05, 0.1) is 6.20 Å². The maximum atomic E-state index is 5.86. The van der Waals surface area contributed by atoms with Crippen LogP contribution in [0, 0.1) is 5.41 Å². The van der Waals surface area contributed by atoms with Gasteiger partial charge < -0.3 is 5.73 Å². The monoisotopic (exact) mass is 267 g/mol. The number of hydrogen-bond acceptors (Lipinski definition) is 3. The predicted molar refractivity (Wildman–Crippen MR) is 65.1 cm³/mol. The molecule has 0 saturated carbocycles. The summed E-state index contributed by atoms with van der Waals surface area (Å²) in [5.41, 5.74) is 8.05. The van der Waals surface area contributed by atoms with E-state index >= 15 is 0 Å². The van der Waals surface area contributed by atoms with Gasteiger partial charge in [-0.05, 0) is 39.8 Å². The molecule has 80 valence electrons. The van der Waals surface area contributed by atoms with Crippen LogP contribution in [-0.4, -0.2) is 9.97 Å². The van der Waals surface area contributed by atoms with Crippen molar-refractivity contribution in [1.29, 1.82) is 0 Å². The molecule has 0 fully saturated rings. The predicted octanol–water partition coefficient (Wildman–Crippen LogP) is 3.02. The van der Waals surface area contributed by atoms with Crippen molar-refractivity contribution in [3.63, 3.8) is 0 Å². The number of nitrogens with zero attached hydrogens (tertiary/aromatic N) is 2. The van der Waals surface area contributed by atoms with E-state index in [1.807, 2.05) is 0 Å². The third-order valence-corrected chi connectivity index (χ3v) is 3.26. The van der Waals surface area contributed by atoms with E-state index in [1.165, 1.54) is 5.57 Å². The van der Waals surface area contributed by atoms with Crippen LogP contribution in [0.15, 0.2) is 16.9 Å². The molecule has 1 aromatic heterocycles. The molecule has 4 heteroatoms. The van der Waals surface area contributed by atoms with Gasteiger partial charge in [0.25, 0.3) is 0 Å². The molecular weight excluding hydrogens is 254 g/mol. The van der Waals surface area contributed by atoms with Crippen molar-refractivity contribution < 1.29 is 0 Å². The Morgan fingerprint density at radius 1 is 1.47 bits per heavy atom. The fourth-order valence-corrected chi connectivity index (χ4v) is 2.26. The Bertz CT molecular complexity index is 424. The molecule has 3 nitrogen and oxygen atoms in total. The van der Waals surface area contributed by atoms with Crippen molar-refractivity contribution >= 4 is 27.3 Å². The lowest BCUT2D eigenvalue weighted by atomic mass is 9.84. The van der Waals surface area contributed by atoms with Gasteiger partial charge in [-0.25, -0.2) is 9.97 Å². The first-order valence-corrected chi connectivity index (χ1v) is 5.79. The molecule has 1 heterocycles. The van der Waals surface area contributed by atoms with Crippen molar-refractivity contribution in [2.45, 2.75) is 26.7 Å². The zero-order valence-corrected chi connectivity index (χ0v) is 10.5. The molecule has 1 aliphatic carbocycles. The van der Waals surface area contributed by atoms with E-state index < -0.39 is 0 Å². The number of anilines is 1. The van der Waals surface area contributed by atoms with Gasteiger partial charge in [0.1, 0.15) is 16.1 Å². The zero-order valence-electron chi connectivity index (χ0n) is 8.92. The maximum Gasteiger partial charge on any atom is 0.149 e. The lowest BCUT2D eigenvalue weighted by molar-refractivity contribution is 0.486. The molecule has 0 aliphatic heterocycles. The lowest BCUT2D eigenvalue weighted by Gasteiger charge is -2.22. The number of nitrogens with two attached hydrogens (primary N) is 1. The Morgan fingerprint density at radius 2 is 2.20 bits per heavy atom. The number of aromatic nitrogens is 2. The molecule has 0 amide bonds. The van der Waals surface area contributed by atoms with E-state index in [4.69, 9.17) is 5.73 Å². The normalized spacial score (nSPS) is 19.0. The second-order valence-electron chi connectivity index (χ2n) is 4.47. The van der Waals surface area contributed by atoms with Crippen LogP contribution in [0.2, 0.25) is 0 Å². The summed E-state index contributed by atoms with van der Waals surface area (Å²) in [7, 11) is 0. The maximum absolute atomic E-state index is 5.86. The summed E-state index contributed by atoms with van der Waals surface area (Å²) < 4.78 is 0.732. The Kier molecular flexibility index (Phi) is 2.54. The molecule has 1 aromatic rings. The van der Waals surface area contributed by atoms with Crippen LogP contribution in [0.3, 0.4) is 0 Å². The van der Waals surface area contributed by atoms with Crippen LogP contribution in [0.25, 0.3) is 5.57 Å². The molecule has 2 N–H and O–H groups in total. The third-order valence-electron chi connectivity index (χ3n) is 2.87. The van der Waals surface area contributed by atoms with E-state index in [1.54, 1.807) is 6.20 Å². The van der Waals surface area contributed by atoms with Crippen molar-refractivity contribution in [3.05, 3.63) is 22.6 Å². The van der Waals surface area contributed by atoms with Gasteiger partial charge in [-0.2, -0.15) is 0 Å². The highest BCUT2D eigenvalue weighted by molar-refractivity contribution is 9.10. The highest BCUT2D eigenvalue weighted by atomic mass is 79.9. The topological polar surface area (TPSA) is 51.8 Å². The van der Waals surface area contributed by atoms with E-state index in [9.17, 15) is 0 Å². The average molecular weight is 268 g/mol. The highest BCUT2D eigenvalue weighted by Gasteiger charge is 2.30. The van der Waals surface area contributed by atoms with Crippen molar-refractivity contribution in [3.8, 4) is 0 Å². The molecule has 0 unspecified atom stereocenters. The van der Waals surface area contributed by atoms with Gasteiger partial charge in [0.15, 0.2) is 0 Å². The van der Waals surface area contributed by atoms with Crippen molar-refractivity contribution in [1.82, 2.24) is 9.97 Å². The fraction of sp³-hybridized carbons (Fsp3) is 0.455. The molecule has 0 spiro atoms. The van der Waals surface area contributed by atoms with Gasteiger partial charge >= 0.3 is 0 Å². The molecule has 0 radical (unpaired) electrons. The van der Waals surface area contributed by atoms with Crippen molar-refractivity contribution in [2.24, 2.45) is 5.41 Å². The minimum absolute atomic E-state index is 0.156. The van der Waals surface area contributed by atoms with E-state index in [2.05, 4.69) is 45.8 Å². The molecule has 0 saturated heterocycles. The molecule has 0 aromatic carbocycles. The second-order valence-corrected chi connectivity index (χ2v) is 5.28. The van der Waals surface area contributed by atoms with E-state index in [0.717, 1.165) is 23.1 Å². The van der Waals surface area contributed by atoms with Crippen molar-refractivity contribution in [2.75, 3.05) is 5.73 Å². The smallest absolute Gasteiger partial charge is 0.149 e. The zero-order chi connectivity index (χ0) is 11.1. The van der Waals surface area contributed by atoms with Crippen LogP contribution in [0.4, 0.5) is 5.82 Å². The molecule has 1 aliphatic rings. The van der Waals surface area contributed by atoms with Crippen LogP contribution < -0.4 is 5.73 Å². The standard InChI is InChI=1S/C11H14BrN3/c1-11(2)5-3-4-7(11)9-10(13)14-6-8(12)15-9/h4,6H,3,5H2,1-2H3,(H2,13,14). The van der Waals surface area contributed by atoms with Gasteiger partial charge in [0, 0.05) is 0 Å². The fourth-order valence-electron chi connectivity index (χ4n) is 1.98. The Labute approximate surface area is 97.9 Å². The molecule has 0 bridgehead atoms. The second kappa shape index (κ2) is 3.59. The minimum atomic E-state index is 0.156. The SMILES string of the molecule is CC1(C)CCC=C1c1nc(Br)cnc1N. The van der Waals surface area contributed by atoms with E-state index in [-0.39, 0.29) is 5.41 Å². The number of halogens is 1. The summed E-state index contributed by atoms with van der Waals surface area (Å²) in [6.45, 7) is 4.43. The first-order chi connectivity index (χ1) is 7.00. The van der Waals surface area contributed by atoms with Crippen LogP contribution in [-0.2, 0) is 0 Å². The van der Waals surface area contributed by atoms with Gasteiger partial charge in [-0.15, -0.1) is 0 Å². The number of rotatable bonds is 1. The van der Waals surface area contributed by atoms with Crippen LogP contribution >= 0.6 is 15.9 Å². The van der Waals surface area contributed by atoms with Gasteiger partial charge in [-0.1, -0.05) is 19.9 Å². The lowest BCUT2D eigenvalue weighted by Crippen LogP contribution is -2.12.